The molecule has 0 saturated carbocycles. The first-order chi connectivity index (χ1) is 9.65. The molecule has 0 radical (unpaired) electrons. The summed E-state index contributed by atoms with van der Waals surface area (Å²) in [5, 5.41) is 12.1. The van der Waals surface area contributed by atoms with Crippen LogP contribution in [0, 0.1) is 6.92 Å². The Morgan fingerprint density at radius 2 is 2.25 bits per heavy atom. The van der Waals surface area contributed by atoms with Gasteiger partial charge in [-0.2, -0.15) is 0 Å². The van der Waals surface area contributed by atoms with Crippen LogP contribution in [0.2, 0.25) is 0 Å². The quantitative estimate of drug-likeness (QED) is 0.501. The summed E-state index contributed by atoms with van der Waals surface area (Å²) in [6.45, 7) is 2.76. The summed E-state index contributed by atoms with van der Waals surface area (Å²) < 4.78 is 0. The van der Waals surface area contributed by atoms with Crippen molar-refractivity contribution in [1.29, 1.82) is 0 Å². The number of benzene rings is 1. The summed E-state index contributed by atoms with van der Waals surface area (Å²) in [6, 6.07) is 8.03. The van der Waals surface area contributed by atoms with Crippen molar-refractivity contribution in [2.45, 2.75) is 19.8 Å². The van der Waals surface area contributed by atoms with E-state index in [1.165, 1.54) is 5.56 Å². The predicted molar refractivity (Wildman–Crippen MR) is 85.1 cm³/mol. The highest BCUT2D eigenvalue weighted by Gasteiger charge is 2.01. The average Bonchev–Trinajstić information content (AvgIpc) is 2.80. The Balaban J connectivity index is 1.70. The fourth-order valence-electron chi connectivity index (χ4n) is 1.90. The van der Waals surface area contributed by atoms with Crippen molar-refractivity contribution < 1.29 is 0 Å². The predicted octanol–water partition coefficient (Wildman–Crippen LogP) is 1.93. The molecule has 2 rings (SSSR count). The molecule has 0 bridgehead atoms. The van der Waals surface area contributed by atoms with Crippen LogP contribution in [0.1, 0.15) is 17.5 Å². The van der Waals surface area contributed by atoms with Crippen LogP contribution in [0.3, 0.4) is 0 Å². The van der Waals surface area contributed by atoms with Crippen LogP contribution in [0.5, 0.6) is 0 Å². The lowest BCUT2D eigenvalue weighted by Gasteiger charge is -2.10. The molecule has 1 heterocycles. The summed E-state index contributed by atoms with van der Waals surface area (Å²) >= 11 is 5.22. The lowest BCUT2D eigenvalue weighted by molar-refractivity contribution is 0.775. The molecule has 1 aromatic carbocycles. The molecule has 0 aliphatic heterocycles. The molecule has 6 heteroatoms. The lowest BCUT2D eigenvalue weighted by Crippen LogP contribution is -2.29. The standard InChI is InChI=1S/C14H18N4OS/c1-10-4-2-6-12(8-10)17-14(20)15-7-3-5-11-9-16-18-13(11)19/h2,4,6,8-9H,3,5,7H2,1H3,(H2,15,17,20)(H2,16,18,19). The van der Waals surface area contributed by atoms with Crippen LogP contribution in [0.4, 0.5) is 5.69 Å². The molecule has 4 N–H and O–H groups in total. The van der Waals surface area contributed by atoms with Crippen molar-refractivity contribution >= 4 is 23.0 Å². The van der Waals surface area contributed by atoms with Crippen molar-refractivity contribution in [1.82, 2.24) is 15.5 Å². The fourth-order valence-corrected chi connectivity index (χ4v) is 2.12. The van der Waals surface area contributed by atoms with Crippen LogP contribution < -0.4 is 16.2 Å². The molecule has 0 spiro atoms. The van der Waals surface area contributed by atoms with E-state index in [0.717, 1.165) is 30.6 Å². The molecule has 0 saturated heterocycles. The topological polar surface area (TPSA) is 72.7 Å². The summed E-state index contributed by atoms with van der Waals surface area (Å²) in [5.41, 5.74) is 2.88. The van der Waals surface area contributed by atoms with Crippen LogP contribution in [-0.4, -0.2) is 21.9 Å². The highest BCUT2D eigenvalue weighted by molar-refractivity contribution is 7.80. The second-order valence-electron chi connectivity index (χ2n) is 4.62. The average molecular weight is 290 g/mol. The van der Waals surface area contributed by atoms with Crippen molar-refractivity contribution in [2.24, 2.45) is 0 Å². The number of aromatic nitrogens is 2. The summed E-state index contributed by atoms with van der Waals surface area (Å²) in [6.07, 6.45) is 3.26. The van der Waals surface area contributed by atoms with E-state index in [1.54, 1.807) is 6.20 Å². The highest BCUT2D eigenvalue weighted by Crippen LogP contribution is 2.09. The Morgan fingerprint density at radius 1 is 1.40 bits per heavy atom. The molecule has 106 valence electrons. The SMILES string of the molecule is Cc1cccc(NC(=S)NCCCc2c[nH][nH]c2=O)c1. The zero-order valence-corrected chi connectivity index (χ0v) is 12.1. The summed E-state index contributed by atoms with van der Waals surface area (Å²) in [7, 11) is 0. The van der Waals surface area contributed by atoms with Gasteiger partial charge in [0, 0.05) is 24.0 Å². The number of hydrogen-bond donors (Lipinski definition) is 4. The van der Waals surface area contributed by atoms with E-state index >= 15 is 0 Å². The third-order valence-electron chi connectivity index (χ3n) is 2.91. The normalized spacial score (nSPS) is 10.2. The number of aryl methyl sites for hydroxylation is 2. The minimum absolute atomic E-state index is 0.0505. The number of aromatic amines is 2. The third-order valence-corrected chi connectivity index (χ3v) is 3.15. The van der Waals surface area contributed by atoms with Gasteiger partial charge < -0.3 is 15.7 Å². The van der Waals surface area contributed by atoms with E-state index in [-0.39, 0.29) is 5.56 Å². The molecule has 0 unspecified atom stereocenters. The Hall–Kier alpha value is -2.08. The van der Waals surface area contributed by atoms with Gasteiger partial charge in [0.25, 0.3) is 5.56 Å². The number of H-pyrrole nitrogens is 2. The molecule has 0 atom stereocenters. The molecule has 2 aromatic rings. The maximum Gasteiger partial charge on any atom is 0.267 e. The zero-order valence-electron chi connectivity index (χ0n) is 11.3. The van der Waals surface area contributed by atoms with E-state index in [0.29, 0.717) is 5.11 Å². The zero-order chi connectivity index (χ0) is 14.4. The summed E-state index contributed by atoms with van der Waals surface area (Å²) in [4.78, 5) is 11.3. The van der Waals surface area contributed by atoms with Gasteiger partial charge in [-0.1, -0.05) is 12.1 Å². The van der Waals surface area contributed by atoms with E-state index in [1.807, 2.05) is 31.2 Å². The first-order valence-corrected chi connectivity index (χ1v) is 6.92. The van der Waals surface area contributed by atoms with E-state index in [2.05, 4.69) is 20.8 Å². The molecule has 0 fully saturated rings. The van der Waals surface area contributed by atoms with Crippen molar-refractivity contribution in [3.8, 4) is 0 Å². The number of thiocarbonyl (C=S) groups is 1. The fraction of sp³-hybridized carbons (Fsp3) is 0.286. The van der Waals surface area contributed by atoms with Gasteiger partial charge >= 0.3 is 0 Å². The Kier molecular flexibility index (Phi) is 4.95. The van der Waals surface area contributed by atoms with Crippen molar-refractivity contribution in [2.75, 3.05) is 11.9 Å². The summed E-state index contributed by atoms with van der Waals surface area (Å²) in [5.74, 6) is 0. The molecular weight excluding hydrogens is 272 g/mol. The first-order valence-electron chi connectivity index (χ1n) is 6.51. The van der Waals surface area contributed by atoms with Gasteiger partial charge in [-0.05, 0) is 49.7 Å². The number of nitrogens with one attached hydrogen (secondary N) is 4. The van der Waals surface area contributed by atoms with Crippen molar-refractivity contribution in [3.63, 3.8) is 0 Å². The van der Waals surface area contributed by atoms with Gasteiger partial charge in [-0.25, -0.2) is 0 Å². The minimum Gasteiger partial charge on any atom is -0.362 e. The lowest BCUT2D eigenvalue weighted by atomic mass is 10.2. The van der Waals surface area contributed by atoms with Crippen LogP contribution >= 0.6 is 12.2 Å². The second-order valence-corrected chi connectivity index (χ2v) is 5.03. The van der Waals surface area contributed by atoms with Crippen LogP contribution in [0.25, 0.3) is 0 Å². The molecule has 20 heavy (non-hydrogen) atoms. The van der Waals surface area contributed by atoms with Crippen molar-refractivity contribution in [3.05, 3.63) is 51.9 Å². The van der Waals surface area contributed by atoms with Gasteiger partial charge in [0.05, 0.1) is 0 Å². The number of rotatable bonds is 5. The monoisotopic (exact) mass is 290 g/mol. The molecule has 5 nitrogen and oxygen atoms in total. The van der Waals surface area contributed by atoms with Gasteiger partial charge in [0.2, 0.25) is 0 Å². The van der Waals surface area contributed by atoms with Gasteiger partial charge in [0.15, 0.2) is 5.11 Å². The minimum atomic E-state index is -0.0505. The Morgan fingerprint density at radius 3 is 2.95 bits per heavy atom. The van der Waals surface area contributed by atoms with Gasteiger partial charge in [0.1, 0.15) is 0 Å². The van der Waals surface area contributed by atoms with Gasteiger partial charge in [-0.15, -0.1) is 0 Å². The smallest absolute Gasteiger partial charge is 0.267 e. The third kappa shape index (κ3) is 4.24. The molecular formula is C14H18N4OS. The number of anilines is 1. The van der Waals surface area contributed by atoms with E-state index in [9.17, 15) is 4.79 Å². The molecule has 0 amide bonds. The largest absolute Gasteiger partial charge is 0.362 e. The maximum absolute atomic E-state index is 11.3. The van der Waals surface area contributed by atoms with Gasteiger partial charge in [-0.3, -0.25) is 9.89 Å². The van der Waals surface area contributed by atoms with Crippen LogP contribution in [0.15, 0.2) is 35.3 Å². The Bertz CT molecular complexity index is 632. The maximum atomic E-state index is 11.3. The first kappa shape index (κ1) is 14.3. The molecule has 0 aliphatic carbocycles. The molecule has 0 aliphatic rings. The van der Waals surface area contributed by atoms with E-state index < -0.39 is 0 Å². The Labute approximate surface area is 122 Å². The second kappa shape index (κ2) is 6.91. The number of hydrogen-bond acceptors (Lipinski definition) is 2. The molecule has 1 aromatic heterocycles. The van der Waals surface area contributed by atoms with E-state index in [4.69, 9.17) is 12.2 Å². The highest BCUT2D eigenvalue weighted by atomic mass is 32.1. The van der Waals surface area contributed by atoms with Crippen LogP contribution in [-0.2, 0) is 6.42 Å².